The van der Waals surface area contributed by atoms with E-state index in [-0.39, 0.29) is 0 Å². The minimum atomic E-state index is 0.586. The number of anilines is 1. The van der Waals surface area contributed by atoms with Crippen LogP contribution in [0.15, 0.2) is 18.3 Å². The first-order chi connectivity index (χ1) is 8.74. The summed E-state index contributed by atoms with van der Waals surface area (Å²) in [5, 5.41) is 0. The van der Waals surface area contributed by atoms with E-state index in [1.165, 1.54) is 25.9 Å². The first-order valence-electron chi connectivity index (χ1n) is 6.49. The van der Waals surface area contributed by atoms with Crippen LogP contribution < -0.4 is 5.73 Å². The first kappa shape index (κ1) is 11.5. The molecule has 96 valence electrons. The minimum Gasteiger partial charge on any atom is -0.369 e. The molecule has 0 unspecified atom stereocenters. The minimum absolute atomic E-state index is 0.586. The van der Waals surface area contributed by atoms with Crippen LogP contribution in [-0.2, 0) is 6.54 Å². The molecule has 18 heavy (non-hydrogen) atoms. The average molecular weight is 245 g/mol. The molecule has 0 radical (unpaired) electrons. The van der Waals surface area contributed by atoms with Crippen LogP contribution in [0.1, 0.15) is 12.8 Å². The van der Waals surface area contributed by atoms with Gasteiger partial charge in [0.15, 0.2) is 5.65 Å². The molecule has 3 rings (SSSR count). The molecule has 0 aliphatic carbocycles. The van der Waals surface area contributed by atoms with Crippen LogP contribution in [0.3, 0.4) is 0 Å². The van der Waals surface area contributed by atoms with E-state index in [4.69, 9.17) is 5.73 Å². The number of fused-ring (bicyclic) bond motifs is 1. The molecular formula is C13H19N5. The topological polar surface area (TPSA) is 60.0 Å². The molecule has 1 fully saturated rings. The van der Waals surface area contributed by atoms with Gasteiger partial charge in [-0.2, -0.15) is 0 Å². The number of rotatable bonds is 2. The van der Waals surface area contributed by atoms with E-state index in [9.17, 15) is 0 Å². The van der Waals surface area contributed by atoms with E-state index in [2.05, 4.69) is 26.5 Å². The summed E-state index contributed by atoms with van der Waals surface area (Å²) in [6.07, 6.45) is 4.25. The van der Waals surface area contributed by atoms with Crippen LogP contribution in [0.4, 0.5) is 5.95 Å². The highest BCUT2D eigenvalue weighted by Crippen LogP contribution is 2.22. The number of pyridine rings is 1. The van der Waals surface area contributed by atoms with Gasteiger partial charge in [0.1, 0.15) is 5.52 Å². The monoisotopic (exact) mass is 245 g/mol. The smallest absolute Gasteiger partial charge is 0.202 e. The Labute approximate surface area is 107 Å². The molecule has 0 amide bonds. The summed E-state index contributed by atoms with van der Waals surface area (Å²) in [7, 11) is 2.18. The Balaban J connectivity index is 1.84. The molecule has 5 heteroatoms. The molecule has 0 bridgehead atoms. The van der Waals surface area contributed by atoms with Gasteiger partial charge in [-0.3, -0.25) is 4.57 Å². The predicted octanol–water partition coefficient (Wildman–Crippen LogP) is 1.36. The number of imidazole rings is 1. The normalized spacial score (nSPS) is 18.5. The molecule has 5 nitrogen and oxygen atoms in total. The van der Waals surface area contributed by atoms with Gasteiger partial charge in [-0.25, -0.2) is 9.97 Å². The van der Waals surface area contributed by atoms with Gasteiger partial charge in [0.05, 0.1) is 0 Å². The number of nitrogens with zero attached hydrogens (tertiary/aromatic N) is 4. The van der Waals surface area contributed by atoms with Crippen molar-refractivity contribution in [3.05, 3.63) is 18.3 Å². The fraction of sp³-hybridized carbons (Fsp3) is 0.538. The number of nitrogen functional groups attached to an aromatic ring is 1. The van der Waals surface area contributed by atoms with Crippen molar-refractivity contribution >= 4 is 17.1 Å². The van der Waals surface area contributed by atoms with E-state index < -0.39 is 0 Å². The third kappa shape index (κ3) is 2.06. The van der Waals surface area contributed by atoms with Gasteiger partial charge in [0, 0.05) is 12.7 Å². The maximum atomic E-state index is 6.00. The lowest BCUT2D eigenvalue weighted by molar-refractivity contribution is 0.206. The van der Waals surface area contributed by atoms with Crippen LogP contribution in [0, 0.1) is 5.92 Å². The highest BCUT2D eigenvalue weighted by atomic mass is 15.2. The Morgan fingerprint density at radius 1 is 1.39 bits per heavy atom. The number of aromatic nitrogens is 3. The SMILES string of the molecule is CN1CCC(Cn2c(N)nc3cccnc32)CC1. The molecule has 1 aliphatic rings. The molecule has 0 saturated carbocycles. The third-order valence-corrected chi connectivity index (χ3v) is 3.81. The number of likely N-dealkylation sites (tertiary alicyclic amines) is 1. The van der Waals surface area contributed by atoms with Crippen LogP contribution in [0.25, 0.3) is 11.2 Å². The van der Waals surface area contributed by atoms with Crippen LogP contribution in [0.2, 0.25) is 0 Å². The molecule has 2 aromatic heterocycles. The summed E-state index contributed by atoms with van der Waals surface area (Å²) < 4.78 is 2.06. The maximum absolute atomic E-state index is 6.00. The zero-order valence-corrected chi connectivity index (χ0v) is 10.7. The zero-order valence-electron chi connectivity index (χ0n) is 10.7. The lowest BCUT2D eigenvalue weighted by atomic mass is 9.97. The molecular weight excluding hydrogens is 226 g/mol. The highest BCUT2D eigenvalue weighted by Gasteiger charge is 2.19. The van der Waals surface area contributed by atoms with Crippen molar-refractivity contribution in [2.75, 3.05) is 25.9 Å². The molecule has 3 heterocycles. The van der Waals surface area contributed by atoms with Crippen molar-refractivity contribution in [3.63, 3.8) is 0 Å². The fourth-order valence-corrected chi connectivity index (χ4v) is 2.66. The Morgan fingerprint density at radius 3 is 2.94 bits per heavy atom. The standard InChI is InChI=1S/C13H19N5/c1-17-7-4-10(5-8-17)9-18-12-11(16-13(18)14)3-2-6-15-12/h2-3,6,10H,4-5,7-9H2,1H3,(H2,14,16). The van der Waals surface area contributed by atoms with E-state index >= 15 is 0 Å². The van der Waals surface area contributed by atoms with Gasteiger partial charge in [0.2, 0.25) is 5.95 Å². The second-order valence-corrected chi connectivity index (χ2v) is 5.17. The number of hydrogen-bond acceptors (Lipinski definition) is 4. The molecule has 2 aromatic rings. The number of piperidine rings is 1. The third-order valence-electron chi connectivity index (χ3n) is 3.81. The zero-order chi connectivity index (χ0) is 12.5. The largest absolute Gasteiger partial charge is 0.369 e. The summed E-state index contributed by atoms with van der Waals surface area (Å²) >= 11 is 0. The Bertz CT molecular complexity index is 539. The van der Waals surface area contributed by atoms with Gasteiger partial charge < -0.3 is 10.6 Å². The number of hydrogen-bond donors (Lipinski definition) is 1. The average Bonchev–Trinajstić information content (AvgIpc) is 2.69. The Kier molecular flexibility index (Phi) is 2.91. The highest BCUT2D eigenvalue weighted by molar-refractivity contribution is 5.73. The van der Waals surface area contributed by atoms with Crippen molar-refractivity contribution < 1.29 is 0 Å². The van der Waals surface area contributed by atoms with Crippen molar-refractivity contribution in [1.29, 1.82) is 0 Å². The number of nitrogens with two attached hydrogens (primary N) is 1. The summed E-state index contributed by atoms with van der Waals surface area (Å²) in [6.45, 7) is 3.28. The van der Waals surface area contributed by atoms with E-state index in [1.807, 2.05) is 12.1 Å². The molecule has 0 spiro atoms. The summed E-state index contributed by atoms with van der Waals surface area (Å²) in [5.74, 6) is 1.27. The summed E-state index contributed by atoms with van der Waals surface area (Å²) in [4.78, 5) is 11.1. The lowest BCUT2D eigenvalue weighted by Gasteiger charge is -2.29. The molecule has 1 saturated heterocycles. The van der Waals surface area contributed by atoms with Crippen LogP contribution in [0.5, 0.6) is 0 Å². The van der Waals surface area contributed by atoms with Crippen molar-refractivity contribution in [2.45, 2.75) is 19.4 Å². The maximum Gasteiger partial charge on any atom is 0.202 e. The van der Waals surface area contributed by atoms with Crippen molar-refractivity contribution in [1.82, 2.24) is 19.4 Å². The van der Waals surface area contributed by atoms with Crippen LogP contribution in [-0.4, -0.2) is 39.6 Å². The van der Waals surface area contributed by atoms with Crippen molar-refractivity contribution in [2.24, 2.45) is 5.92 Å². The van der Waals surface area contributed by atoms with Crippen LogP contribution >= 0.6 is 0 Å². The Hall–Kier alpha value is -1.62. The van der Waals surface area contributed by atoms with Gasteiger partial charge in [0.25, 0.3) is 0 Å². The second kappa shape index (κ2) is 4.57. The van der Waals surface area contributed by atoms with E-state index in [1.54, 1.807) is 6.20 Å². The first-order valence-corrected chi connectivity index (χ1v) is 6.49. The summed E-state index contributed by atoms with van der Waals surface area (Å²) in [5.41, 5.74) is 7.80. The van der Waals surface area contributed by atoms with Gasteiger partial charge in [-0.15, -0.1) is 0 Å². The lowest BCUT2D eigenvalue weighted by Crippen LogP contribution is -2.32. The van der Waals surface area contributed by atoms with Gasteiger partial charge in [-0.05, 0) is 51.0 Å². The predicted molar refractivity (Wildman–Crippen MR) is 72.2 cm³/mol. The van der Waals surface area contributed by atoms with E-state index in [0.717, 1.165) is 17.7 Å². The fourth-order valence-electron chi connectivity index (χ4n) is 2.66. The van der Waals surface area contributed by atoms with Gasteiger partial charge >= 0.3 is 0 Å². The molecule has 2 N–H and O–H groups in total. The summed E-state index contributed by atoms with van der Waals surface area (Å²) in [6, 6.07) is 3.86. The van der Waals surface area contributed by atoms with Crippen molar-refractivity contribution in [3.8, 4) is 0 Å². The quantitative estimate of drug-likeness (QED) is 0.867. The molecule has 0 aromatic carbocycles. The Morgan fingerprint density at radius 2 is 2.17 bits per heavy atom. The molecule has 0 atom stereocenters. The second-order valence-electron chi connectivity index (χ2n) is 5.17. The molecule has 1 aliphatic heterocycles. The van der Waals surface area contributed by atoms with E-state index in [0.29, 0.717) is 11.9 Å². The van der Waals surface area contributed by atoms with Gasteiger partial charge in [-0.1, -0.05) is 0 Å².